The molecule has 1 aliphatic heterocycles. The molecule has 0 aromatic carbocycles. The molecule has 3 amide bonds. The monoisotopic (exact) mass is 240 g/mol. The van der Waals surface area contributed by atoms with Gasteiger partial charge in [-0.1, -0.05) is 19.3 Å². The summed E-state index contributed by atoms with van der Waals surface area (Å²) in [4.78, 5) is 37.4. The summed E-state index contributed by atoms with van der Waals surface area (Å²) < 4.78 is 0. The summed E-state index contributed by atoms with van der Waals surface area (Å²) in [6.45, 7) is -0.0200. The van der Waals surface area contributed by atoms with E-state index in [0.29, 0.717) is 12.8 Å². The largest absolute Gasteiger partial charge is 0.479 e. The summed E-state index contributed by atoms with van der Waals surface area (Å²) >= 11 is 0. The van der Waals surface area contributed by atoms with Gasteiger partial charge in [-0.15, -0.1) is 0 Å². The highest BCUT2D eigenvalue weighted by atomic mass is 16.4. The van der Waals surface area contributed by atoms with Gasteiger partial charge >= 0.3 is 12.0 Å². The molecule has 0 aromatic heterocycles. The standard InChI is InChI=1S/C11H16N2O4/c1-12-7-8(14)13(10(12)17)11(9(15)16)5-3-2-4-6-11/h2-7H2,1H3,(H,15,16). The highest BCUT2D eigenvalue weighted by Gasteiger charge is 2.53. The van der Waals surface area contributed by atoms with E-state index in [4.69, 9.17) is 0 Å². The minimum absolute atomic E-state index is 0.0200. The van der Waals surface area contributed by atoms with Crippen LogP contribution in [0.1, 0.15) is 32.1 Å². The first-order valence-electron chi connectivity index (χ1n) is 5.80. The van der Waals surface area contributed by atoms with Gasteiger partial charge in [0.25, 0.3) is 5.91 Å². The Kier molecular flexibility index (Phi) is 2.81. The fourth-order valence-electron chi connectivity index (χ4n) is 2.71. The lowest BCUT2D eigenvalue weighted by atomic mass is 9.80. The molecule has 2 aliphatic rings. The first-order valence-corrected chi connectivity index (χ1v) is 5.80. The van der Waals surface area contributed by atoms with Gasteiger partial charge in [0.1, 0.15) is 12.1 Å². The Morgan fingerprint density at radius 3 is 2.24 bits per heavy atom. The lowest BCUT2D eigenvalue weighted by molar-refractivity contribution is -0.156. The number of hydrogen-bond donors (Lipinski definition) is 1. The average molecular weight is 240 g/mol. The molecule has 17 heavy (non-hydrogen) atoms. The van der Waals surface area contributed by atoms with Gasteiger partial charge in [0.2, 0.25) is 0 Å². The molecule has 0 spiro atoms. The number of hydrogen-bond acceptors (Lipinski definition) is 3. The van der Waals surface area contributed by atoms with Crippen LogP contribution in [0.25, 0.3) is 0 Å². The second kappa shape index (κ2) is 4.01. The molecule has 0 bridgehead atoms. The molecule has 1 heterocycles. The molecule has 0 aromatic rings. The molecule has 0 unspecified atom stereocenters. The van der Waals surface area contributed by atoms with E-state index in [1.165, 1.54) is 11.9 Å². The first kappa shape index (κ1) is 11.9. The third kappa shape index (κ3) is 1.67. The van der Waals surface area contributed by atoms with Crippen molar-refractivity contribution in [1.29, 1.82) is 0 Å². The molecule has 1 N–H and O–H groups in total. The first-order chi connectivity index (χ1) is 7.99. The molecule has 2 rings (SSSR count). The smallest absolute Gasteiger partial charge is 0.330 e. The minimum Gasteiger partial charge on any atom is -0.479 e. The van der Waals surface area contributed by atoms with Gasteiger partial charge in [0, 0.05) is 7.05 Å². The molecular weight excluding hydrogens is 224 g/mol. The molecule has 0 atom stereocenters. The SMILES string of the molecule is CN1CC(=O)N(C2(C(=O)O)CCCCC2)C1=O. The number of nitrogens with zero attached hydrogens (tertiary/aromatic N) is 2. The van der Waals surface area contributed by atoms with Gasteiger partial charge in [0.05, 0.1) is 0 Å². The molecule has 2 fully saturated rings. The maximum absolute atomic E-state index is 11.9. The van der Waals surface area contributed by atoms with Crippen LogP contribution in [0.15, 0.2) is 0 Å². The number of carbonyl (C=O) groups excluding carboxylic acids is 2. The number of amides is 3. The maximum atomic E-state index is 11.9. The predicted molar refractivity (Wildman–Crippen MR) is 58.3 cm³/mol. The van der Waals surface area contributed by atoms with E-state index in [1.54, 1.807) is 0 Å². The lowest BCUT2D eigenvalue weighted by Gasteiger charge is -2.39. The number of likely N-dealkylation sites (N-methyl/N-ethyl adjacent to an activating group) is 1. The fourth-order valence-corrected chi connectivity index (χ4v) is 2.71. The van der Waals surface area contributed by atoms with E-state index in [1.807, 2.05) is 0 Å². The van der Waals surface area contributed by atoms with Crippen molar-refractivity contribution in [3.8, 4) is 0 Å². The maximum Gasteiger partial charge on any atom is 0.330 e. The Balaban J connectivity index is 2.36. The van der Waals surface area contributed by atoms with Crippen LogP contribution >= 0.6 is 0 Å². The molecule has 6 heteroatoms. The number of aliphatic carboxylic acids is 1. The molecule has 1 aliphatic carbocycles. The van der Waals surface area contributed by atoms with Crippen LogP contribution in [0, 0.1) is 0 Å². The summed E-state index contributed by atoms with van der Waals surface area (Å²) in [5, 5.41) is 9.41. The van der Waals surface area contributed by atoms with Crippen LogP contribution in [-0.2, 0) is 9.59 Å². The number of carboxylic acids is 1. The number of carboxylic acid groups (broad SMARTS) is 1. The van der Waals surface area contributed by atoms with Crippen LogP contribution in [-0.4, -0.2) is 51.9 Å². The number of rotatable bonds is 2. The topological polar surface area (TPSA) is 77.9 Å². The molecular formula is C11H16N2O4. The van der Waals surface area contributed by atoms with Crippen molar-refractivity contribution in [3.63, 3.8) is 0 Å². The Morgan fingerprint density at radius 2 is 1.82 bits per heavy atom. The number of carbonyl (C=O) groups is 3. The van der Waals surface area contributed by atoms with Gasteiger partial charge in [0.15, 0.2) is 0 Å². The molecule has 1 saturated carbocycles. The second-order valence-corrected chi connectivity index (χ2v) is 4.77. The highest BCUT2D eigenvalue weighted by molar-refractivity contribution is 6.06. The summed E-state index contributed by atoms with van der Waals surface area (Å²) in [5.74, 6) is -1.46. The number of urea groups is 1. The Morgan fingerprint density at radius 1 is 1.24 bits per heavy atom. The Labute approximate surface area is 99.2 Å². The minimum atomic E-state index is -1.31. The Bertz CT molecular complexity index is 374. The molecule has 1 saturated heterocycles. The van der Waals surface area contributed by atoms with Crippen LogP contribution in [0.2, 0.25) is 0 Å². The van der Waals surface area contributed by atoms with Gasteiger partial charge < -0.3 is 10.0 Å². The summed E-state index contributed by atoms with van der Waals surface area (Å²) in [5.41, 5.74) is -1.31. The van der Waals surface area contributed by atoms with Crippen LogP contribution in [0.4, 0.5) is 4.79 Å². The zero-order chi connectivity index (χ0) is 12.6. The van der Waals surface area contributed by atoms with Crippen molar-refractivity contribution >= 4 is 17.9 Å². The van der Waals surface area contributed by atoms with Gasteiger partial charge in [-0.2, -0.15) is 0 Å². The molecule has 0 radical (unpaired) electrons. The van der Waals surface area contributed by atoms with Crippen molar-refractivity contribution in [3.05, 3.63) is 0 Å². The normalized spacial score (nSPS) is 24.3. The quantitative estimate of drug-likeness (QED) is 0.719. The van der Waals surface area contributed by atoms with Gasteiger partial charge in [-0.05, 0) is 12.8 Å². The Hall–Kier alpha value is -1.59. The number of imide groups is 1. The van der Waals surface area contributed by atoms with E-state index in [2.05, 4.69) is 0 Å². The van der Waals surface area contributed by atoms with Gasteiger partial charge in [-0.3, -0.25) is 4.79 Å². The van der Waals surface area contributed by atoms with Gasteiger partial charge in [-0.25, -0.2) is 14.5 Å². The van der Waals surface area contributed by atoms with Crippen molar-refractivity contribution in [2.45, 2.75) is 37.6 Å². The van der Waals surface area contributed by atoms with E-state index >= 15 is 0 Å². The molecule has 6 nitrogen and oxygen atoms in total. The zero-order valence-electron chi connectivity index (χ0n) is 9.81. The second-order valence-electron chi connectivity index (χ2n) is 4.77. The third-order valence-electron chi connectivity index (χ3n) is 3.65. The summed E-state index contributed by atoms with van der Waals surface area (Å²) in [6, 6.07) is -0.487. The molecule has 94 valence electrons. The van der Waals surface area contributed by atoms with Crippen molar-refractivity contribution in [2.75, 3.05) is 13.6 Å². The van der Waals surface area contributed by atoms with E-state index in [9.17, 15) is 19.5 Å². The zero-order valence-corrected chi connectivity index (χ0v) is 9.81. The van der Waals surface area contributed by atoms with E-state index in [0.717, 1.165) is 24.2 Å². The van der Waals surface area contributed by atoms with Crippen molar-refractivity contribution in [2.24, 2.45) is 0 Å². The van der Waals surface area contributed by atoms with Crippen molar-refractivity contribution in [1.82, 2.24) is 9.80 Å². The summed E-state index contributed by atoms with van der Waals surface area (Å²) in [6.07, 6.45) is 3.18. The highest BCUT2D eigenvalue weighted by Crippen LogP contribution is 2.36. The van der Waals surface area contributed by atoms with Crippen LogP contribution in [0.5, 0.6) is 0 Å². The van der Waals surface area contributed by atoms with Crippen LogP contribution in [0.3, 0.4) is 0 Å². The predicted octanol–water partition coefficient (Wildman–Crippen LogP) is 0.668. The fraction of sp³-hybridized carbons (Fsp3) is 0.727. The van der Waals surface area contributed by atoms with Crippen molar-refractivity contribution < 1.29 is 19.5 Å². The average Bonchev–Trinajstić information content (AvgIpc) is 2.54. The van der Waals surface area contributed by atoms with Crippen LogP contribution < -0.4 is 0 Å². The summed E-state index contributed by atoms with van der Waals surface area (Å²) in [7, 11) is 1.51. The lowest BCUT2D eigenvalue weighted by Crippen LogP contribution is -2.58. The van der Waals surface area contributed by atoms with E-state index in [-0.39, 0.29) is 6.54 Å². The third-order valence-corrected chi connectivity index (χ3v) is 3.65. The van der Waals surface area contributed by atoms with E-state index < -0.39 is 23.4 Å².